The molecule has 10 heteroatoms. The summed E-state index contributed by atoms with van der Waals surface area (Å²) >= 11 is 0. The quantitative estimate of drug-likeness (QED) is 0.495. The van der Waals surface area contributed by atoms with Crippen LogP contribution < -0.4 is 16.8 Å². The summed E-state index contributed by atoms with van der Waals surface area (Å²) in [5.74, 6) is 0.993. The maximum Gasteiger partial charge on any atom is 0.155 e. The van der Waals surface area contributed by atoms with E-state index in [0.29, 0.717) is 33.8 Å². The topological polar surface area (TPSA) is 125 Å². The monoisotopic (exact) mass is 381 g/mol. The number of halogens is 1. The molecule has 0 saturated carbocycles. The summed E-state index contributed by atoms with van der Waals surface area (Å²) in [4.78, 5) is 12.7. The van der Waals surface area contributed by atoms with Crippen molar-refractivity contribution in [3.8, 4) is 11.1 Å². The first-order valence-corrected chi connectivity index (χ1v) is 8.63. The molecule has 0 aliphatic heterocycles. The third kappa shape index (κ3) is 2.79. The highest BCUT2D eigenvalue weighted by Crippen LogP contribution is 2.33. The molecule has 144 valence electrons. The molecule has 9 nitrogen and oxygen atoms in total. The van der Waals surface area contributed by atoms with E-state index in [2.05, 4.69) is 25.4 Å². The fourth-order valence-electron chi connectivity index (χ4n) is 3.30. The van der Waals surface area contributed by atoms with Crippen molar-refractivity contribution in [2.24, 2.45) is 14.1 Å². The average molecular weight is 381 g/mol. The van der Waals surface area contributed by atoms with Crippen LogP contribution in [0.4, 0.5) is 21.7 Å². The number of nitrogen functional groups attached to an aromatic ring is 2. The Morgan fingerprint density at radius 1 is 1.18 bits per heavy atom. The molecule has 1 atom stereocenters. The van der Waals surface area contributed by atoms with E-state index in [9.17, 15) is 4.39 Å². The molecule has 0 amide bonds. The predicted octanol–water partition coefficient (Wildman–Crippen LogP) is 2.24. The minimum atomic E-state index is -0.330. The van der Waals surface area contributed by atoms with E-state index < -0.39 is 0 Å². The van der Waals surface area contributed by atoms with E-state index >= 15 is 0 Å². The zero-order valence-corrected chi connectivity index (χ0v) is 15.7. The summed E-state index contributed by atoms with van der Waals surface area (Å²) in [5, 5.41) is 7.35. The molecule has 28 heavy (non-hydrogen) atoms. The number of imidazole rings is 1. The Balaban J connectivity index is 1.81. The highest BCUT2D eigenvalue weighted by molar-refractivity contribution is 5.93. The second kappa shape index (κ2) is 6.48. The van der Waals surface area contributed by atoms with Crippen LogP contribution in [-0.4, -0.2) is 29.3 Å². The number of anilines is 3. The Kier molecular flexibility index (Phi) is 4.10. The van der Waals surface area contributed by atoms with Crippen molar-refractivity contribution in [2.45, 2.75) is 13.0 Å². The van der Waals surface area contributed by atoms with Gasteiger partial charge < -0.3 is 21.4 Å². The summed E-state index contributed by atoms with van der Waals surface area (Å²) in [6, 6.07) is 2.82. The van der Waals surface area contributed by atoms with Gasteiger partial charge in [0.1, 0.15) is 23.7 Å². The Labute approximate surface area is 160 Å². The van der Waals surface area contributed by atoms with Crippen LogP contribution in [0.15, 0.2) is 30.9 Å². The van der Waals surface area contributed by atoms with Crippen molar-refractivity contribution < 1.29 is 4.39 Å². The van der Waals surface area contributed by atoms with Crippen molar-refractivity contribution in [1.29, 1.82) is 0 Å². The van der Waals surface area contributed by atoms with Crippen LogP contribution in [0.25, 0.3) is 22.2 Å². The summed E-state index contributed by atoms with van der Waals surface area (Å²) in [6.07, 6.45) is 4.75. The van der Waals surface area contributed by atoms with Gasteiger partial charge in [-0.25, -0.2) is 19.3 Å². The van der Waals surface area contributed by atoms with Crippen LogP contribution in [0.3, 0.4) is 0 Å². The number of aromatic nitrogens is 6. The molecular formula is C18H20FN9. The maximum absolute atomic E-state index is 14.7. The van der Waals surface area contributed by atoms with E-state index in [1.165, 1.54) is 12.4 Å². The molecule has 0 aliphatic rings. The second-order valence-corrected chi connectivity index (χ2v) is 6.61. The number of rotatable bonds is 4. The van der Waals surface area contributed by atoms with Crippen LogP contribution >= 0.6 is 0 Å². The Morgan fingerprint density at radius 2 is 1.96 bits per heavy atom. The molecule has 0 unspecified atom stereocenters. The second-order valence-electron chi connectivity index (χ2n) is 6.61. The molecular weight excluding hydrogens is 361 g/mol. The molecule has 4 rings (SSSR count). The van der Waals surface area contributed by atoms with Gasteiger partial charge in [-0.2, -0.15) is 5.10 Å². The number of nitrogens with two attached hydrogens (primary N) is 2. The molecule has 0 radical (unpaired) electrons. The number of hydrogen-bond acceptors (Lipinski definition) is 7. The average Bonchev–Trinajstić information content (AvgIpc) is 3.23. The molecule has 3 heterocycles. The molecule has 0 aliphatic carbocycles. The third-order valence-electron chi connectivity index (χ3n) is 4.67. The van der Waals surface area contributed by atoms with Crippen LogP contribution in [0, 0.1) is 5.82 Å². The first kappa shape index (κ1) is 17.7. The van der Waals surface area contributed by atoms with Gasteiger partial charge >= 0.3 is 0 Å². The molecule has 0 saturated heterocycles. The van der Waals surface area contributed by atoms with Crippen molar-refractivity contribution in [3.63, 3.8) is 0 Å². The molecule has 3 aromatic heterocycles. The molecule has 4 aromatic rings. The van der Waals surface area contributed by atoms with Gasteiger partial charge in [0, 0.05) is 31.4 Å². The number of fused-ring (bicyclic) bond motifs is 1. The molecule has 1 aromatic carbocycles. The first-order chi connectivity index (χ1) is 13.4. The van der Waals surface area contributed by atoms with E-state index in [1.54, 1.807) is 30.2 Å². The van der Waals surface area contributed by atoms with Gasteiger partial charge in [0.25, 0.3) is 0 Å². The summed E-state index contributed by atoms with van der Waals surface area (Å²) in [7, 11) is 3.64. The lowest BCUT2D eigenvalue weighted by atomic mass is 10.1. The lowest BCUT2D eigenvalue weighted by molar-refractivity contribution is 0.632. The lowest BCUT2D eigenvalue weighted by Gasteiger charge is -2.16. The molecule has 0 fully saturated rings. The predicted molar refractivity (Wildman–Crippen MR) is 106 cm³/mol. The highest BCUT2D eigenvalue weighted by atomic mass is 19.1. The van der Waals surface area contributed by atoms with Gasteiger partial charge in [0.15, 0.2) is 11.6 Å². The number of nitrogens with zero attached hydrogens (tertiary/aromatic N) is 6. The number of aryl methyl sites for hydroxylation is 2. The molecule has 5 N–H and O–H groups in total. The number of benzene rings is 1. The van der Waals surface area contributed by atoms with Crippen LogP contribution in [-0.2, 0) is 14.1 Å². The largest absolute Gasteiger partial charge is 0.393 e. The van der Waals surface area contributed by atoms with E-state index in [0.717, 1.165) is 0 Å². The molecule has 0 bridgehead atoms. The van der Waals surface area contributed by atoms with Gasteiger partial charge in [-0.3, -0.25) is 4.68 Å². The smallest absolute Gasteiger partial charge is 0.155 e. The summed E-state index contributed by atoms with van der Waals surface area (Å²) < 4.78 is 18.2. The van der Waals surface area contributed by atoms with Crippen LogP contribution in [0.5, 0.6) is 0 Å². The van der Waals surface area contributed by atoms with Gasteiger partial charge in [-0.15, -0.1) is 0 Å². The standard InChI is InChI=1S/C18H20FN9/c1-9(25-17-14(20)16(21)22-8-23-17)18-26-12-5-4-11(19)13(15(12)28(18)3)10-6-24-27(2)7-10/h4-9H,20H2,1-3H3,(H3,21,22,23,25)/t9-/m0/s1. The zero-order chi connectivity index (χ0) is 20.0. The minimum Gasteiger partial charge on any atom is -0.393 e. The summed E-state index contributed by atoms with van der Waals surface area (Å²) in [6.45, 7) is 1.92. The fourth-order valence-corrected chi connectivity index (χ4v) is 3.30. The van der Waals surface area contributed by atoms with Crippen LogP contribution in [0.1, 0.15) is 18.8 Å². The number of hydrogen-bond donors (Lipinski definition) is 3. The Hall–Kier alpha value is -3.69. The fraction of sp³-hybridized carbons (Fsp3) is 0.222. The van der Waals surface area contributed by atoms with Crippen molar-refractivity contribution in [2.75, 3.05) is 16.8 Å². The van der Waals surface area contributed by atoms with E-state index in [-0.39, 0.29) is 23.4 Å². The van der Waals surface area contributed by atoms with Crippen molar-refractivity contribution >= 4 is 28.4 Å². The van der Waals surface area contributed by atoms with Gasteiger partial charge in [0.2, 0.25) is 0 Å². The normalized spacial score (nSPS) is 12.4. The van der Waals surface area contributed by atoms with Crippen molar-refractivity contribution in [3.05, 3.63) is 42.5 Å². The Morgan fingerprint density at radius 3 is 2.68 bits per heavy atom. The van der Waals surface area contributed by atoms with Gasteiger partial charge in [-0.1, -0.05) is 0 Å². The lowest BCUT2D eigenvalue weighted by Crippen LogP contribution is -2.15. The first-order valence-electron chi connectivity index (χ1n) is 8.63. The van der Waals surface area contributed by atoms with Crippen LogP contribution in [0.2, 0.25) is 0 Å². The molecule has 0 spiro atoms. The van der Waals surface area contributed by atoms with Gasteiger partial charge in [0.05, 0.1) is 23.3 Å². The maximum atomic E-state index is 14.7. The number of nitrogens with one attached hydrogen (secondary N) is 1. The van der Waals surface area contributed by atoms with Gasteiger partial charge in [-0.05, 0) is 19.1 Å². The Bertz CT molecular complexity index is 1180. The zero-order valence-electron chi connectivity index (χ0n) is 15.7. The van der Waals surface area contributed by atoms with E-state index in [4.69, 9.17) is 11.5 Å². The van der Waals surface area contributed by atoms with Crippen molar-refractivity contribution in [1.82, 2.24) is 29.3 Å². The van der Waals surface area contributed by atoms with E-state index in [1.807, 2.05) is 18.5 Å². The highest BCUT2D eigenvalue weighted by Gasteiger charge is 2.21. The minimum absolute atomic E-state index is 0.204. The SMILES string of the molecule is C[C@H](Nc1ncnc(N)c1N)c1nc2ccc(F)c(-c3cnn(C)c3)c2n1C. The third-order valence-corrected chi connectivity index (χ3v) is 4.67. The summed E-state index contributed by atoms with van der Waals surface area (Å²) in [5.41, 5.74) is 14.5.